The van der Waals surface area contributed by atoms with E-state index in [2.05, 4.69) is 20.3 Å². The summed E-state index contributed by atoms with van der Waals surface area (Å²) >= 11 is 1.60. The number of aryl methyl sites for hydroxylation is 1. The molecule has 0 bridgehead atoms. The third-order valence-corrected chi connectivity index (χ3v) is 5.13. The molecule has 0 aliphatic carbocycles. The molecule has 0 amide bonds. The molecule has 3 rings (SSSR count). The number of hydrogen-bond donors (Lipinski definition) is 3. The Labute approximate surface area is 157 Å². The lowest BCUT2D eigenvalue weighted by atomic mass is 10.1. The lowest BCUT2D eigenvalue weighted by Crippen LogP contribution is -2.10. The minimum absolute atomic E-state index is 0.0434. The van der Waals surface area contributed by atoms with Gasteiger partial charge in [-0.1, -0.05) is 12.5 Å². The summed E-state index contributed by atoms with van der Waals surface area (Å²) in [5.74, 6) is 1.53. The SMILES string of the molecule is Cc1ccnc(Nc2cccc(-c3cnc([C@@H](N)CCCCN)s3)n2)c1. The van der Waals surface area contributed by atoms with Gasteiger partial charge in [0.05, 0.1) is 16.6 Å². The second-order valence-electron chi connectivity index (χ2n) is 6.21. The number of rotatable bonds is 8. The van der Waals surface area contributed by atoms with Crippen molar-refractivity contribution in [2.75, 3.05) is 11.9 Å². The fourth-order valence-electron chi connectivity index (χ4n) is 2.59. The van der Waals surface area contributed by atoms with E-state index in [1.807, 2.05) is 43.5 Å². The average Bonchev–Trinajstić information content (AvgIpc) is 3.12. The molecule has 0 unspecified atom stereocenters. The van der Waals surface area contributed by atoms with E-state index in [0.717, 1.165) is 52.0 Å². The van der Waals surface area contributed by atoms with Gasteiger partial charge in [-0.2, -0.15) is 0 Å². The van der Waals surface area contributed by atoms with E-state index < -0.39 is 0 Å². The molecule has 0 spiro atoms. The van der Waals surface area contributed by atoms with Crippen molar-refractivity contribution >= 4 is 23.0 Å². The van der Waals surface area contributed by atoms with Crippen molar-refractivity contribution in [1.82, 2.24) is 15.0 Å². The third kappa shape index (κ3) is 4.85. The number of pyridine rings is 2. The molecule has 0 aliphatic heterocycles. The quantitative estimate of drug-likeness (QED) is 0.523. The van der Waals surface area contributed by atoms with Crippen molar-refractivity contribution in [3.05, 3.63) is 53.3 Å². The summed E-state index contributed by atoms with van der Waals surface area (Å²) in [6, 6.07) is 9.78. The molecule has 0 aliphatic rings. The Hall–Kier alpha value is -2.35. The highest BCUT2D eigenvalue weighted by Crippen LogP contribution is 2.29. The number of thiazole rings is 1. The number of unbranched alkanes of at least 4 members (excludes halogenated alkanes) is 1. The summed E-state index contributed by atoms with van der Waals surface area (Å²) in [6.45, 7) is 2.74. The molecule has 0 fully saturated rings. The van der Waals surface area contributed by atoms with Gasteiger partial charge >= 0.3 is 0 Å². The van der Waals surface area contributed by atoms with E-state index in [-0.39, 0.29) is 6.04 Å². The monoisotopic (exact) mass is 368 g/mol. The van der Waals surface area contributed by atoms with Gasteiger partial charge in [-0.3, -0.25) is 0 Å². The zero-order valence-corrected chi connectivity index (χ0v) is 15.7. The normalized spacial score (nSPS) is 12.1. The number of nitrogens with zero attached hydrogens (tertiary/aromatic N) is 3. The number of anilines is 2. The van der Waals surface area contributed by atoms with E-state index in [9.17, 15) is 0 Å². The first-order valence-electron chi connectivity index (χ1n) is 8.74. The van der Waals surface area contributed by atoms with Gasteiger partial charge in [0.1, 0.15) is 16.6 Å². The Morgan fingerprint density at radius 1 is 1.15 bits per heavy atom. The van der Waals surface area contributed by atoms with E-state index in [4.69, 9.17) is 11.5 Å². The first-order valence-corrected chi connectivity index (χ1v) is 9.56. The molecule has 0 aromatic carbocycles. The zero-order valence-electron chi connectivity index (χ0n) is 14.9. The summed E-state index contributed by atoms with van der Waals surface area (Å²) in [7, 11) is 0. The topological polar surface area (TPSA) is 103 Å². The van der Waals surface area contributed by atoms with Crippen LogP contribution in [0.3, 0.4) is 0 Å². The first-order chi connectivity index (χ1) is 12.7. The summed E-state index contributed by atoms with van der Waals surface area (Å²) in [5.41, 5.74) is 13.8. The van der Waals surface area contributed by atoms with Crippen LogP contribution in [-0.4, -0.2) is 21.5 Å². The largest absolute Gasteiger partial charge is 0.330 e. The molecule has 136 valence electrons. The molecular formula is C19H24N6S. The molecule has 0 saturated heterocycles. The molecule has 0 saturated carbocycles. The number of nitrogens with two attached hydrogens (primary N) is 2. The highest BCUT2D eigenvalue weighted by molar-refractivity contribution is 7.15. The second kappa shape index (κ2) is 8.84. The average molecular weight is 369 g/mol. The van der Waals surface area contributed by atoms with Crippen molar-refractivity contribution in [3.8, 4) is 10.6 Å². The number of nitrogens with one attached hydrogen (secondary N) is 1. The summed E-state index contributed by atoms with van der Waals surface area (Å²) in [6.07, 6.45) is 6.54. The van der Waals surface area contributed by atoms with Crippen LogP contribution in [0, 0.1) is 6.92 Å². The molecule has 6 nitrogen and oxygen atoms in total. The standard InChI is InChI=1S/C19H24N6S/c1-13-8-10-22-18(11-13)25-17-7-4-6-15(24-17)16-12-23-19(26-16)14(21)5-2-3-9-20/h4,6-8,10-12,14H,2-3,5,9,20-21H2,1H3,(H,22,24,25)/t14-/m0/s1. The molecule has 7 heteroatoms. The van der Waals surface area contributed by atoms with Crippen LogP contribution in [0.5, 0.6) is 0 Å². The van der Waals surface area contributed by atoms with Crippen molar-refractivity contribution in [2.24, 2.45) is 11.5 Å². The summed E-state index contributed by atoms with van der Waals surface area (Å²) < 4.78 is 0. The minimum Gasteiger partial charge on any atom is -0.330 e. The van der Waals surface area contributed by atoms with Gasteiger partial charge in [-0.05, 0) is 56.1 Å². The van der Waals surface area contributed by atoms with Gasteiger partial charge in [0.15, 0.2) is 0 Å². The minimum atomic E-state index is -0.0434. The Morgan fingerprint density at radius 2 is 2.04 bits per heavy atom. The maximum absolute atomic E-state index is 6.24. The van der Waals surface area contributed by atoms with Crippen LogP contribution in [0.25, 0.3) is 10.6 Å². The molecule has 0 radical (unpaired) electrons. The number of hydrogen-bond acceptors (Lipinski definition) is 7. The Kier molecular flexibility index (Phi) is 6.27. The van der Waals surface area contributed by atoms with Gasteiger partial charge in [-0.15, -0.1) is 11.3 Å². The summed E-state index contributed by atoms with van der Waals surface area (Å²) in [4.78, 5) is 14.5. The highest BCUT2D eigenvalue weighted by Gasteiger charge is 2.13. The predicted molar refractivity (Wildman–Crippen MR) is 107 cm³/mol. The maximum Gasteiger partial charge on any atom is 0.132 e. The van der Waals surface area contributed by atoms with Crippen molar-refractivity contribution in [2.45, 2.75) is 32.2 Å². The molecule has 5 N–H and O–H groups in total. The predicted octanol–water partition coefficient (Wildman–Crippen LogP) is 3.78. The van der Waals surface area contributed by atoms with Gasteiger partial charge < -0.3 is 16.8 Å². The third-order valence-electron chi connectivity index (χ3n) is 3.98. The van der Waals surface area contributed by atoms with Gasteiger partial charge in [-0.25, -0.2) is 15.0 Å². The molecule has 3 aromatic heterocycles. The maximum atomic E-state index is 6.24. The first kappa shape index (κ1) is 18.4. The van der Waals surface area contributed by atoms with E-state index in [1.165, 1.54) is 0 Å². The van der Waals surface area contributed by atoms with E-state index in [0.29, 0.717) is 6.54 Å². The van der Waals surface area contributed by atoms with Crippen molar-refractivity contribution in [3.63, 3.8) is 0 Å². The van der Waals surface area contributed by atoms with E-state index >= 15 is 0 Å². The van der Waals surface area contributed by atoms with Crippen LogP contribution in [0.1, 0.15) is 35.9 Å². The van der Waals surface area contributed by atoms with Crippen molar-refractivity contribution in [1.29, 1.82) is 0 Å². The lowest BCUT2D eigenvalue weighted by molar-refractivity contribution is 0.588. The molecule has 3 aromatic rings. The number of aromatic nitrogens is 3. The van der Waals surface area contributed by atoms with Crippen LogP contribution in [0.15, 0.2) is 42.7 Å². The van der Waals surface area contributed by atoms with Crippen molar-refractivity contribution < 1.29 is 0 Å². The zero-order chi connectivity index (χ0) is 18.4. The molecule has 3 heterocycles. The second-order valence-corrected chi connectivity index (χ2v) is 7.27. The van der Waals surface area contributed by atoms with Gasteiger partial charge in [0, 0.05) is 12.4 Å². The van der Waals surface area contributed by atoms with Crippen LogP contribution < -0.4 is 16.8 Å². The Morgan fingerprint density at radius 3 is 2.85 bits per heavy atom. The van der Waals surface area contributed by atoms with E-state index in [1.54, 1.807) is 17.5 Å². The lowest BCUT2D eigenvalue weighted by Gasteiger charge is -2.07. The highest BCUT2D eigenvalue weighted by atomic mass is 32.1. The molecule has 1 atom stereocenters. The van der Waals surface area contributed by atoms with Crippen LogP contribution in [-0.2, 0) is 0 Å². The Bertz CT molecular complexity index is 847. The fraction of sp³-hybridized carbons (Fsp3) is 0.316. The van der Waals surface area contributed by atoms with Gasteiger partial charge in [0.2, 0.25) is 0 Å². The molecular weight excluding hydrogens is 344 g/mol. The fourth-order valence-corrected chi connectivity index (χ4v) is 3.51. The van der Waals surface area contributed by atoms with Crippen LogP contribution in [0.4, 0.5) is 11.6 Å². The Balaban J connectivity index is 1.72. The van der Waals surface area contributed by atoms with Crippen LogP contribution >= 0.6 is 11.3 Å². The smallest absolute Gasteiger partial charge is 0.132 e. The van der Waals surface area contributed by atoms with Gasteiger partial charge in [0.25, 0.3) is 0 Å². The molecule has 26 heavy (non-hydrogen) atoms. The van der Waals surface area contributed by atoms with Crippen LogP contribution in [0.2, 0.25) is 0 Å². The summed E-state index contributed by atoms with van der Waals surface area (Å²) in [5, 5.41) is 4.19.